The van der Waals surface area contributed by atoms with Gasteiger partial charge in [-0.1, -0.05) is 0 Å². The third-order valence-corrected chi connectivity index (χ3v) is 5.56. The van der Waals surface area contributed by atoms with Crippen LogP contribution in [0.25, 0.3) is 0 Å². The maximum atomic E-state index is 12.8. The van der Waals surface area contributed by atoms with Gasteiger partial charge in [0, 0.05) is 11.5 Å². The fourth-order valence-corrected chi connectivity index (χ4v) is 3.24. The summed E-state index contributed by atoms with van der Waals surface area (Å²) in [7, 11) is 0. The summed E-state index contributed by atoms with van der Waals surface area (Å²) in [4.78, 5) is 48.7. The van der Waals surface area contributed by atoms with Crippen LogP contribution in [0.2, 0.25) is 0 Å². The normalized spacial score (nSPS) is 14.8. The maximum Gasteiger partial charge on any atom is 0.327 e. The molecule has 8 N–H and O–H groups in total. The van der Waals surface area contributed by atoms with Crippen LogP contribution >= 0.6 is 37.0 Å². The molecule has 0 spiro atoms. The number of nitrogens with one attached hydrogen (secondary N) is 3. The van der Waals surface area contributed by atoms with Crippen molar-refractivity contribution >= 4 is 60.7 Å². The number of carboxylic acid groups (broad SMARTS) is 1. The number of thioether (sulfide) groups is 1. The van der Waals surface area contributed by atoms with Crippen molar-refractivity contribution in [3.05, 3.63) is 0 Å². The molecule has 30 heavy (non-hydrogen) atoms. The number of carbonyl (C=O) groups excluding carboxylic acids is 3. The molecule has 0 saturated heterocycles. The summed E-state index contributed by atoms with van der Waals surface area (Å²) < 4.78 is 0. The van der Waals surface area contributed by atoms with E-state index in [1.165, 1.54) is 11.8 Å². The van der Waals surface area contributed by atoms with Crippen LogP contribution in [0.5, 0.6) is 0 Å². The van der Waals surface area contributed by atoms with Crippen molar-refractivity contribution in [1.82, 2.24) is 16.0 Å². The van der Waals surface area contributed by atoms with Gasteiger partial charge >= 0.3 is 5.97 Å². The van der Waals surface area contributed by atoms with E-state index in [9.17, 15) is 19.2 Å². The third-order valence-electron chi connectivity index (χ3n) is 4.15. The van der Waals surface area contributed by atoms with Crippen LogP contribution < -0.4 is 27.4 Å². The first-order chi connectivity index (χ1) is 14.2. The number of unbranched alkanes of at least 4 members (excludes halogenated alkanes) is 1. The standard InChI is InChI=1S/C17H33N5O5S3/c1-30-7-5-12(20-14(23)10(19)8-28)16(25)21-11(4-2-3-6-18)15(24)22-13(9-29)17(26)27/h10-13,28-29H,2-9,18-19H2,1H3,(H,20,23)(H,21,25)(H,22,24)(H,26,27)/t10-,11-,12-,13-/m0/s1. The Bertz CT molecular complexity index is 570. The highest BCUT2D eigenvalue weighted by atomic mass is 32.2. The molecule has 0 aromatic carbocycles. The molecule has 0 unspecified atom stereocenters. The first kappa shape index (κ1) is 28.9. The summed E-state index contributed by atoms with van der Waals surface area (Å²) in [5.74, 6) is -2.31. The molecule has 0 aliphatic heterocycles. The van der Waals surface area contributed by atoms with Crippen molar-refractivity contribution in [1.29, 1.82) is 0 Å². The Kier molecular flexibility index (Phi) is 15.9. The summed E-state index contributed by atoms with van der Waals surface area (Å²) in [5.41, 5.74) is 11.1. The minimum Gasteiger partial charge on any atom is -0.480 e. The molecule has 174 valence electrons. The maximum absolute atomic E-state index is 12.8. The lowest BCUT2D eigenvalue weighted by molar-refractivity contribution is -0.141. The van der Waals surface area contributed by atoms with Crippen LogP contribution in [0.4, 0.5) is 0 Å². The molecule has 0 rings (SSSR count). The van der Waals surface area contributed by atoms with Crippen molar-refractivity contribution in [2.75, 3.05) is 30.1 Å². The van der Waals surface area contributed by atoms with Gasteiger partial charge < -0.3 is 32.5 Å². The van der Waals surface area contributed by atoms with Crippen molar-refractivity contribution in [2.45, 2.75) is 49.9 Å². The van der Waals surface area contributed by atoms with Gasteiger partial charge in [0.05, 0.1) is 6.04 Å². The van der Waals surface area contributed by atoms with Crippen LogP contribution in [0.1, 0.15) is 25.7 Å². The lowest BCUT2D eigenvalue weighted by Gasteiger charge is -2.25. The Morgan fingerprint density at radius 3 is 1.90 bits per heavy atom. The number of hydrogen-bond donors (Lipinski definition) is 8. The topological polar surface area (TPSA) is 177 Å². The number of carboxylic acids is 1. The van der Waals surface area contributed by atoms with Crippen molar-refractivity contribution < 1.29 is 24.3 Å². The van der Waals surface area contributed by atoms with Gasteiger partial charge in [-0.25, -0.2) is 4.79 Å². The molecule has 0 aliphatic rings. The Balaban J connectivity index is 5.30. The molecule has 3 amide bonds. The van der Waals surface area contributed by atoms with Gasteiger partial charge in [-0.05, 0) is 44.2 Å². The minimum absolute atomic E-state index is 0.0986. The van der Waals surface area contributed by atoms with Crippen molar-refractivity contribution in [3.63, 3.8) is 0 Å². The van der Waals surface area contributed by atoms with Crippen LogP contribution in [0.15, 0.2) is 0 Å². The van der Waals surface area contributed by atoms with Gasteiger partial charge in [-0.2, -0.15) is 37.0 Å². The summed E-state index contributed by atoms with van der Waals surface area (Å²) in [6.45, 7) is 0.421. The second kappa shape index (κ2) is 16.5. The van der Waals surface area contributed by atoms with E-state index in [2.05, 4.69) is 41.2 Å². The van der Waals surface area contributed by atoms with Crippen molar-refractivity contribution in [2.24, 2.45) is 11.5 Å². The Labute approximate surface area is 192 Å². The smallest absolute Gasteiger partial charge is 0.327 e. The first-order valence-corrected chi connectivity index (χ1v) is 12.2. The van der Waals surface area contributed by atoms with Crippen LogP contribution in [-0.2, 0) is 19.2 Å². The predicted molar refractivity (Wildman–Crippen MR) is 125 cm³/mol. The molecule has 0 fully saturated rings. The van der Waals surface area contributed by atoms with Gasteiger partial charge in [0.1, 0.15) is 18.1 Å². The second-order valence-corrected chi connectivity index (χ2v) is 8.28. The van der Waals surface area contributed by atoms with E-state index in [0.29, 0.717) is 31.6 Å². The van der Waals surface area contributed by atoms with E-state index in [-0.39, 0.29) is 17.9 Å². The fourth-order valence-electron chi connectivity index (χ4n) is 2.36. The van der Waals surface area contributed by atoms with Gasteiger partial charge in [0.25, 0.3) is 0 Å². The molecule has 0 aliphatic carbocycles. The van der Waals surface area contributed by atoms with Gasteiger partial charge in [-0.15, -0.1) is 0 Å². The van der Waals surface area contributed by atoms with Crippen molar-refractivity contribution in [3.8, 4) is 0 Å². The lowest BCUT2D eigenvalue weighted by atomic mass is 10.1. The minimum atomic E-state index is -1.23. The van der Waals surface area contributed by atoms with Gasteiger partial charge in [0.2, 0.25) is 17.7 Å². The molecule has 0 radical (unpaired) electrons. The zero-order chi connectivity index (χ0) is 23.1. The zero-order valence-corrected chi connectivity index (χ0v) is 19.6. The molecule has 0 aromatic rings. The molecule has 0 heterocycles. The molecule has 10 nitrogen and oxygen atoms in total. The number of rotatable bonds is 16. The molecule has 0 aromatic heterocycles. The highest BCUT2D eigenvalue weighted by molar-refractivity contribution is 7.98. The first-order valence-electron chi connectivity index (χ1n) is 9.51. The number of aliphatic carboxylic acids is 1. The zero-order valence-electron chi connectivity index (χ0n) is 17.0. The SMILES string of the molecule is CSCC[C@H](NC(=O)[C@@H](N)CS)C(=O)N[C@@H](CCCCN)C(=O)N[C@@H](CS)C(=O)O. The van der Waals surface area contributed by atoms with Gasteiger partial charge in [-0.3, -0.25) is 14.4 Å². The fraction of sp³-hybridized carbons (Fsp3) is 0.765. The molecule has 0 saturated carbocycles. The van der Waals surface area contributed by atoms with E-state index in [4.69, 9.17) is 16.6 Å². The van der Waals surface area contributed by atoms with Crippen LogP contribution in [0, 0.1) is 0 Å². The number of amides is 3. The molecule has 13 heteroatoms. The van der Waals surface area contributed by atoms with E-state index >= 15 is 0 Å². The Morgan fingerprint density at radius 2 is 1.43 bits per heavy atom. The average Bonchev–Trinajstić information content (AvgIpc) is 2.72. The van der Waals surface area contributed by atoms with Crippen LogP contribution in [0.3, 0.4) is 0 Å². The lowest BCUT2D eigenvalue weighted by Crippen LogP contribution is -2.57. The van der Waals surface area contributed by atoms with E-state index in [0.717, 1.165) is 0 Å². The Morgan fingerprint density at radius 1 is 0.900 bits per heavy atom. The second-order valence-electron chi connectivity index (χ2n) is 6.56. The average molecular weight is 484 g/mol. The summed E-state index contributed by atoms with van der Waals surface area (Å²) in [5, 5.41) is 16.7. The monoisotopic (exact) mass is 483 g/mol. The largest absolute Gasteiger partial charge is 0.480 e. The Hall–Kier alpha value is -1.15. The van der Waals surface area contributed by atoms with Crippen LogP contribution in [-0.4, -0.2) is 83.0 Å². The third kappa shape index (κ3) is 11.3. The number of nitrogens with two attached hydrogens (primary N) is 2. The molecular formula is C17H33N5O5S3. The highest BCUT2D eigenvalue weighted by Gasteiger charge is 2.29. The summed E-state index contributed by atoms with van der Waals surface area (Å²) in [6.07, 6.45) is 3.66. The quantitative estimate of drug-likeness (QED) is 0.0975. The van der Waals surface area contributed by atoms with E-state index in [1.54, 1.807) is 0 Å². The number of hydrogen-bond acceptors (Lipinski definition) is 9. The van der Waals surface area contributed by atoms with E-state index in [1.807, 2.05) is 6.26 Å². The van der Waals surface area contributed by atoms with Gasteiger partial charge in [0.15, 0.2) is 0 Å². The number of thiol groups is 2. The molecule has 0 bridgehead atoms. The number of carbonyl (C=O) groups is 4. The summed E-state index contributed by atoms with van der Waals surface area (Å²) >= 11 is 9.40. The predicted octanol–water partition coefficient (Wildman–Crippen LogP) is -1.41. The highest BCUT2D eigenvalue weighted by Crippen LogP contribution is 2.06. The summed E-state index contributed by atoms with van der Waals surface area (Å²) in [6, 6.07) is -3.91. The molecular weight excluding hydrogens is 450 g/mol. The molecule has 4 atom stereocenters. The van der Waals surface area contributed by atoms with E-state index < -0.39 is 47.9 Å².